The van der Waals surface area contributed by atoms with Crippen molar-refractivity contribution in [3.05, 3.63) is 11.8 Å². The number of hydrogen-bond donors (Lipinski definition) is 0. The molecule has 0 radical (unpaired) electrons. The maximum absolute atomic E-state index is 12.1. The Morgan fingerprint density at radius 2 is 2.33 bits per heavy atom. The highest BCUT2D eigenvalue weighted by molar-refractivity contribution is 7.86. The Morgan fingerprint density at radius 3 is 2.94 bits per heavy atom. The number of carbonyl (C=O) groups excluding carboxylic acids is 1. The second-order valence-corrected chi connectivity index (χ2v) is 5.76. The molecule has 0 aromatic carbocycles. The fourth-order valence-electron chi connectivity index (χ4n) is 1.71. The molecule has 2 aliphatic rings. The van der Waals surface area contributed by atoms with Gasteiger partial charge in [-0.1, -0.05) is 13.8 Å². The van der Waals surface area contributed by atoms with E-state index in [0.717, 1.165) is 5.57 Å². The van der Waals surface area contributed by atoms with Gasteiger partial charge < -0.3 is 9.64 Å². The minimum absolute atomic E-state index is 0.269. The standard InChI is InChI=1S/C12H16N2O3S/c1-4-17-11(15)10-7-14-6-9(8(2)3)5-13-12(14)18(10)16/h5-6,8H,4,7H2,1-3H3. The molecule has 98 valence electrons. The number of allylic oxidation sites excluding steroid dienone is 1. The number of nitrogens with zero attached hydrogens (tertiary/aromatic N) is 2. The summed E-state index contributed by atoms with van der Waals surface area (Å²) in [6.07, 6.45) is 3.61. The molecule has 0 fully saturated rings. The summed E-state index contributed by atoms with van der Waals surface area (Å²) in [5.41, 5.74) is 1.06. The number of ether oxygens (including phenoxy) is 1. The quantitative estimate of drug-likeness (QED) is 0.552. The summed E-state index contributed by atoms with van der Waals surface area (Å²) in [5, 5.41) is 0.419. The van der Waals surface area contributed by atoms with Crippen LogP contribution in [0, 0.1) is 5.92 Å². The predicted octanol–water partition coefficient (Wildman–Crippen LogP) is 0.498. The van der Waals surface area contributed by atoms with Crippen LogP contribution in [0.2, 0.25) is 0 Å². The third-order valence-corrected chi connectivity index (χ3v) is 4.16. The molecule has 0 amide bonds. The van der Waals surface area contributed by atoms with Gasteiger partial charge in [0.1, 0.15) is 4.86 Å². The fourth-order valence-corrected chi connectivity index (χ4v) is 2.88. The van der Waals surface area contributed by atoms with Crippen LogP contribution in [0.25, 0.3) is 0 Å². The third kappa shape index (κ3) is 2.20. The number of esters is 1. The molecule has 2 heterocycles. The largest absolute Gasteiger partial charge is 0.462 e. The van der Waals surface area contributed by atoms with E-state index in [1.165, 1.54) is 0 Å². The maximum atomic E-state index is 12.1. The first kappa shape index (κ1) is 12.9. The van der Waals surface area contributed by atoms with E-state index in [9.17, 15) is 9.00 Å². The Balaban J connectivity index is 2.32. The van der Waals surface area contributed by atoms with Crippen molar-refractivity contribution < 1.29 is 13.7 Å². The van der Waals surface area contributed by atoms with Crippen molar-refractivity contribution in [3.8, 4) is 0 Å². The van der Waals surface area contributed by atoms with E-state index >= 15 is 0 Å². The van der Waals surface area contributed by atoms with Gasteiger partial charge in [-0.15, -0.1) is 0 Å². The second-order valence-electron chi connectivity index (χ2n) is 4.36. The van der Waals surface area contributed by atoms with Gasteiger partial charge in [-0.05, 0) is 18.4 Å². The summed E-state index contributed by atoms with van der Waals surface area (Å²) in [6, 6.07) is 0. The second kappa shape index (κ2) is 4.97. The Hall–Kier alpha value is -1.56. The van der Waals surface area contributed by atoms with Crippen LogP contribution in [0.1, 0.15) is 20.8 Å². The highest BCUT2D eigenvalue weighted by atomic mass is 32.1. The molecule has 0 N–H and O–H groups in total. The van der Waals surface area contributed by atoms with Crippen LogP contribution in [0.15, 0.2) is 16.8 Å². The molecule has 0 atom stereocenters. The normalized spacial score (nSPS) is 18.3. The van der Waals surface area contributed by atoms with Crippen LogP contribution < -0.4 is 0 Å². The van der Waals surface area contributed by atoms with E-state index in [1.807, 2.05) is 6.20 Å². The van der Waals surface area contributed by atoms with Crippen molar-refractivity contribution in [2.45, 2.75) is 20.8 Å². The molecular weight excluding hydrogens is 252 g/mol. The zero-order valence-electron chi connectivity index (χ0n) is 10.7. The molecule has 5 nitrogen and oxygen atoms in total. The molecule has 0 aromatic heterocycles. The molecule has 0 spiro atoms. The van der Waals surface area contributed by atoms with Gasteiger partial charge in [0.05, 0.1) is 23.1 Å². The summed E-state index contributed by atoms with van der Waals surface area (Å²) in [4.78, 5) is 17.9. The lowest BCUT2D eigenvalue weighted by molar-refractivity contribution is -0.134. The first-order valence-electron chi connectivity index (χ1n) is 5.88. The van der Waals surface area contributed by atoms with E-state index in [-0.39, 0.29) is 11.5 Å². The average Bonchev–Trinajstić information content (AvgIpc) is 2.66. The van der Waals surface area contributed by atoms with Crippen LogP contribution in [0.5, 0.6) is 0 Å². The van der Waals surface area contributed by atoms with E-state index in [2.05, 4.69) is 18.8 Å². The molecule has 0 bridgehead atoms. The number of fused-ring (bicyclic) bond motifs is 1. The SMILES string of the molecule is CCOC(=O)C1=S(=O)=C2N=CC(C(C)C)=CN2C1. The Morgan fingerprint density at radius 1 is 1.61 bits per heavy atom. The van der Waals surface area contributed by atoms with Crippen molar-refractivity contribution in [1.82, 2.24) is 4.90 Å². The van der Waals surface area contributed by atoms with Gasteiger partial charge >= 0.3 is 5.97 Å². The minimum atomic E-state index is -1.49. The van der Waals surface area contributed by atoms with Crippen LogP contribution in [0.4, 0.5) is 0 Å². The average molecular weight is 268 g/mol. The molecule has 18 heavy (non-hydrogen) atoms. The monoisotopic (exact) mass is 268 g/mol. The highest BCUT2D eigenvalue weighted by Gasteiger charge is 2.27. The molecular formula is C12H16N2O3S. The van der Waals surface area contributed by atoms with Gasteiger partial charge in [-0.25, -0.2) is 14.0 Å². The smallest absolute Gasteiger partial charge is 0.348 e. The Bertz CT molecular complexity index is 584. The summed E-state index contributed by atoms with van der Waals surface area (Å²) in [6.45, 7) is 6.43. The lowest BCUT2D eigenvalue weighted by atomic mass is 10.1. The zero-order chi connectivity index (χ0) is 13.3. The zero-order valence-corrected chi connectivity index (χ0v) is 11.5. The Kier molecular flexibility index (Phi) is 3.56. The van der Waals surface area contributed by atoms with Crippen LogP contribution in [-0.4, -0.2) is 44.4 Å². The highest BCUT2D eigenvalue weighted by Crippen LogP contribution is 2.15. The van der Waals surface area contributed by atoms with Crippen molar-refractivity contribution in [2.24, 2.45) is 10.9 Å². The van der Waals surface area contributed by atoms with Crippen molar-refractivity contribution in [1.29, 1.82) is 0 Å². The van der Waals surface area contributed by atoms with Gasteiger partial charge in [0.15, 0.2) is 0 Å². The Labute approximate surface area is 108 Å². The lowest BCUT2D eigenvalue weighted by Crippen LogP contribution is -2.30. The molecule has 0 aromatic rings. The molecule has 0 saturated heterocycles. The molecule has 2 aliphatic heterocycles. The lowest BCUT2D eigenvalue weighted by Gasteiger charge is -2.20. The van der Waals surface area contributed by atoms with Gasteiger partial charge in [0, 0.05) is 12.4 Å². The fraction of sp³-hybridized carbons (Fsp3) is 0.500. The summed E-state index contributed by atoms with van der Waals surface area (Å²) in [7, 11) is -1.49. The third-order valence-electron chi connectivity index (χ3n) is 2.75. The summed E-state index contributed by atoms with van der Waals surface area (Å²) < 4.78 is 17.0. The summed E-state index contributed by atoms with van der Waals surface area (Å²) in [5.74, 6) is -0.150. The maximum Gasteiger partial charge on any atom is 0.348 e. The molecule has 6 heteroatoms. The summed E-state index contributed by atoms with van der Waals surface area (Å²) >= 11 is 0. The van der Waals surface area contributed by atoms with Gasteiger partial charge in [-0.3, -0.25) is 0 Å². The minimum Gasteiger partial charge on any atom is -0.462 e. The number of rotatable bonds is 3. The van der Waals surface area contributed by atoms with Gasteiger partial charge in [-0.2, -0.15) is 0 Å². The number of aliphatic imine (C=N–C) groups is 1. The molecule has 0 aliphatic carbocycles. The van der Waals surface area contributed by atoms with E-state index in [4.69, 9.17) is 4.74 Å². The molecule has 0 saturated carbocycles. The first-order chi connectivity index (χ1) is 8.54. The van der Waals surface area contributed by atoms with Crippen LogP contribution in [-0.2, 0) is 19.5 Å². The molecule has 2 rings (SSSR count). The predicted molar refractivity (Wildman–Crippen MR) is 72.9 cm³/mol. The van der Waals surface area contributed by atoms with Gasteiger partial charge in [0.2, 0.25) is 5.11 Å². The molecule has 0 unspecified atom stereocenters. The van der Waals surface area contributed by atoms with Crippen LogP contribution in [0.3, 0.4) is 0 Å². The van der Waals surface area contributed by atoms with Gasteiger partial charge in [0.25, 0.3) is 0 Å². The van der Waals surface area contributed by atoms with E-state index in [0.29, 0.717) is 17.6 Å². The van der Waals surface area contributed by atoms with E-state index < -0.39 is 15.9 Å². The van der Waals surface area contributed by atoms with Crippen molar-refractivity contribution in [3.63, 3.8) is 0 Å². The topological polar surface area (TPSA) is 59.0 Å². The van der Waals surface area contributed by atoms with Crippen molar-refractivity contribution >= 4 is 32.1 Å². The number of carbonyl (C=O) groups is 1. The van der Waals surface area contributed by atoms with E-state index in [1.54, 1.807) is 18.0 Å². The van der Waals surface area contributed by atoms with Crippen LogP contribution >= 0.6 is 0 Å². The van der Waals surface area contributed by atoms with Crippen molar-refractivity contribution in [2.75, 3.05) is 13.2 Å². The first-order valence-corrected chi connectivity index (χ1v) is 7.03. The number of hydrogen-bond acceptors (Lipinski definition) is 5.